The first kappa shape index (κ1) is 34.5. The highest BCUT2D eigenvalue weighted by Gasteiger charge is 2.46. The first-order valence-corrected chi connectivity index (χ1v) is 19.6. The predicted molar refractivity (Wildman–Crippen MR) is 227 cm³/mol. The van der Waals surface area contributed by atoms with Crippen LogP contribution in [0.5, 0.6) is 0 Å². The summed E-state index contributed by atoms with van der Waals surface area (Å²) in [5.41, 5.74) is 11.3. The van der Waals surface area contributed by atoms with E-state index in [0.717, 1.165) is 64.3 Å². The van der Waals surface area contributed by atoms with Crippen LogP contribution in [0.4, 0.5) is 0 Å². The molecule has 9 rings (SSSR count). The van der Waals surface area contributed by atoms with Gasteiger partial charge in [0.25, 0.3) is 0 Å². The zero-order valence-corrected chi connectivity index (χ0v) is 31.8. The summed E-state index contributed by atoms with van der Waals surface area (Å²) >= 11 is 0. The topological polar surface area (TPSA) is 59.3 Å². The number of aryl methyl sites for hydroxylation is 1. The molecule has 7 aromatic rings. The number of fused-ring (bicyclic) bond motifs is 5. The van der Waals surface area contributed by atoms with E-state index in [1.54, 1.807) is 0 Å². The molecule has 0 N–H and O–H groups in total. The van der Waals surface area contributed by atoms with Crippen molar-refractivity contribution in [3.8, 4) is 16.9 Å². The Morgan fingerprint density at radius 3 is 2.33 bits per heavy atom. The molecule has 0 saturated carbocycles. The van der Waals surface area contributed by atoms with Gasteiger partial charge in [0.1, 0.15) is 5.69 Å². The summed E-state index contributed by atoms with van der Waals surface area (Å²) in [5.74, 6) is 0.662. The molecule has 55 heavy (non-hydrogen) atoms. The SMILES string of the molecule is C=C1c2ccc(-n3cc(C4=NC(c5ccc6cc(CCCC)ccc6c5)=NC(c5ccc6ccccc6c5)=CC4)nn3)cc2-c2cccc[n+]2C1(CC)CC. The van der Waals surface area contributed by atoms with Crippen molar-refractivity contribution in [1.29, 1.82) is 0 Å². The Morgan fingerprint density at radius 2 is 1.47 bits per heavy atom. The van der Waals surface area contributed by atoms with Crippen LogP contribution in [0.1, 0.15) is 80.8 Å². The monoisotopic (exact) mass is 717 g/mol. The summed E-state index contributed by atoms with van der Waals surface area (Å²) < 4.78 is 4.27. The number of allylic oxidation sites excluding steroid dienone is 2. The highest BCUT2D eigenvalue weighted by atomic mass is 15.4. The Balaban J connectivity index is 1.10. The summed E-state index contributed by atoms with van der Waals surface area (Å²) in [6.07, 6.45) is 12.3. The van der Waals surface area contributed by atoms with Crippen LogP contribution in [0, 0.1) is 0 Å². The van der Waals surface area contributed by atoms with Gasteiger partial charge >= 0.3 is 0 Å². The quantitative estimate of drug-likeness (QED) is 0.140. The lowest BCUT2D eigenvalue weighted by Gasteiger charge is -2.34. The molecule has 4 heterocycles. The van der Waals surface area contributed by atoms with Crippen molar-refractivity contribution in [2.45, 2.75) is 64.8 Å². The highest BCUT2D eigenvalue weighted by molar-refractivity contribution is 6.15. The minimum atomic E-state index is -0.149. The standard InChI is InChI=1S/C49H45N6/c1-5-8-13-34-17-18-38-30-40(22-20-37(38)28-34)48-50-44(39-21-19-35-14-9-10-15-36(35)29-39)25-26-45(51-48)46-32-55(53-52-46)41-23-24-42-33(4)49(6-2,7-3)54-27-12-11-16-47(54)43(42)31-41/h9-12,14-25,27-32H,4-8,13,26H2,1-3H3/q+1. The van der Waals surface area contributed by atoms with Crippen molar-refractivity contribution in [2.75, 3.05) is 0 Å². The van der Waals surface area contributed by atoms with Gasteiger partial charge in [0.15, 0.2) is 17.6 Å². The molecule has 270 valence electrons. The third-order valence-electron chi connectivity index (χ3n) is 11.7. The second-order valence-corrected chi connectivity index (χ2v) is 14.8. The van der Waals surface area contributed by atoms with Gasteiger partial charge in [-0.2, -0.15) is 4.57 Å². The van der Waals surface area contributed by atoms with Crippen molar-refractivity contribution in [3.05, 3.63) is 168 Å². The van der Waals surface area contributed by atoms with E-state index >= 15 is 0 Å². The molecule has 0 bridgehead atoms. The Kier molecular flexibility index (Phi) is 8.89. The number of rotatable bonds is 9. The number of hydrogen-bond donors (Lipinski definition) is 0. The van der Waals surface area contributed by atoms with Gasteiger partial charge in [0, 0.05) is 48.1 Å². The largest absolute Gasteiger partial charge is 0.230 e. The van der Waals surface area contributed by atoms with E-state index < -0.39 is 0 Å². The normalized spacial score (nSPS) is 14.9. The van der Waals surface area contributed by atoms with Gasteiger partial charge in [-0.3, -0.25) is 0 Å². The highest BCUT2D eigenvalue weighted by Crippen LogP contribution is 2.44. The zero-order valence-electron chi connectivity index (χ0n) is 31.8. The molecule has 0 spiro atoms. The fraction of sp³-hybridized carbons (Fsp3) is 0.204. The predicted octanol–water partition coefficient (Wildman–Crippen LogP) is 11.1. The lowest BCUT2D eigenvalue weighted by molar-refractivity contribution is -0.741. The van der Waals surface area contributed by atoms with Crippen LogP contribution in [0.3, 0.4) is 0 Å². The van der Waals surface area contributed by atoms with Gasteiger partial charge < -0.3 is 0 Å². The van der Waals surface area contributed by atoms with Crippen LogP contribution < -0.4 is 4.57 Å². The molecule has 2 aliphatic heterocycles. The van der Waals surface area contributed by atoms with Gasteiger partial charge in [-0.05, 0) is 75.8 Å². The maximum absolute atomic E-state index is 5.26. The average Bonchev–Trinajstić information content (AvgIpc) is 3.63. The molecule has 6 heteroatoms. The van der Waals surface area contributed by atoms with Gasteiger partial charge in [-0.25, -0.2) is 14.7 Å². The van der Waals surface area contributed by atoms with Crippen LogP contribution in [0.15, 0.2) is 150 Å². The minimum Gasteiger partial charge on any atom is -0.230 e. The van der Waals surface area contributed by atoms with Crippen molar-refractivity contribution in [2.24, 2.45) is 9.98 Å². The Hall–Kier alpha value is -6.27. The molecule has 2 aromatic heterocycles. The molecule has 0 atom stereocenters. The second kappa shape index (κ2) is 14.2. The van der Waals surface area contributed by atoms with E-state index in [1.807, 2.05) is 10.9 Å². The molecular weight excluding hydrogens is 673 g/mol. The number of benzene rings is 5. The summed E-state index contributed by atoms with van der Waals surface area (Å²) in [6, 6.07) is 41.3. The molecule has 0 aliphatic carbocycles. The van der Waals surface area contributed by atoms with Crippen molar-refractivity contribution >= 4 is 44.4 Å². The van der Waals surface area contributed by atoms with E-state index in [1.165, 1.54) is 51.2 Å². The van der Waals surface area contributed by atoms with Gasteiger partial charge in [-0.1, -0.05) is 118 Å². The first-order valence-electron chi connectivity index (χ1n) is 19.6. The van der Waals surface area contributed by atoms with Crippen LogP contribution in [-0.4, -0.2) is 26.5 Å². The van der Waals surface area contributed by atoms with E-state index in [-0.39, 0.29) is 5.54 Å². The molecule has 0 radical (unpaired) electrons. The molecule has 0 fully saturated rings. The lowest BCUT2D eigenvalue weighted by atomic mass is 9.75. The molecule has 6 nitrogen and oxygen atoms in total. The number of pyridine rings is 1. The molecule has 0 saturated heterocycles. The van der Waals surface area contributed by atoms with Crippen LogP contribution in [0.25, 0.3) is 49.8 Å². The van der Waals surface area contributed by atoms with Crippen molar-refractivity contribution in [1.82, 2.24) is 15.0 Å². The summed E-state index contributed by atoms with van der Waals surface area (Å²) in [5, 5.41) is 14.1. The zero-order chi connectivity index (χ0) is 37.5. The van der Waals surface area contributed by atoms with Crippen molar-refractivity contribution < 1.29 is 4.57 Å². The van der Waals surface area contributed by atoms with Crippen molar-refractivity contribution in [3.63, 3.8) is 0 Å². The lowest BCUT2D eigenvalue weighted by Crippen LogP contribution is -2.59. The average molecular weight is 718 g/mol. The first-order chi connectivity index (χ1) is 27.0. The van der Waals surface area contributed by atoms with E-state index in [9.17, 15) is 0 Å². The third-order valence-corrected chi connectivity index (χ3v) is 11.7. The maximum Gasteiger partial charge on any atom is 0.213 e. The Bertz CT molecular complexity index is 2720. The van der Waals surface area contributed by atoms with Crippen LogP contribution in [0.2, 0.25) is 0 Å². The molecule has 5 aromatic carbocycles. The molecular formula is C49H45N6+. The summed E-state index contributed by atoms with van der Waals surface area (Å²) in [4.78, 5) is 10.5. The molecule has 0 amide bonds. The Morgan fingerprint density at radius 1 is 0.727 bits per heavy atom. The fourth-order valence-electron chi connectivity index (χ4n) is 8.47. The number of nitrogens with zero attached hydrogens (tertiary/aromatic N) is 6. The minimum absolute atomic E-state index is 0.149. The van der Waals surface area contributed by atoms with Crippen LogP contribution in [-0.2, 0) is 12.0 Å². The van der Waals surface area contributed by atoms with Gasteiger partial charge in [0.05, 0.1) is 28.9 Å². The van der Waals surface area contributed by atoms with Gasteiger partial charge in [-0.15, -0.1) is 5.10 Å². The smallest absolute Gasteiger partial charge is 0.213 e. The summed E-state index contributed by atoms with van der Waals surface area (Å²) in [7, 11) is 0. The number of unbranched alkanes of at least 4 members (excludes halogenated alkanes) is 1. The summed E-state index contributed by atoms with van der Waals surface area (Å²) in [6.45, 7) is 11.4. The van der Waals surface area contributed by atoms with Crippen LogP contribution >= 0.6 is 0 Å². The number of hydrogen-bond acceptors (Lipinski definition) is 4. The Labute approximate surface area is 322 Å². The second-order valence-electron chi connectivity index (χ2n) is 14.8. The molecule has 0 unspecified atom stereocenters. The van der Waals surface area contributed by atoms with E-state index in [2.05, 4.69) is 165 Å². The number of aliphatic imine (C=N–C) groups is 2. The third kappa shape index (κ3) is 6.12. The van der Waals surface area contributed by atoms with E-state index in [4.69, 9.17) is 15.1 Å². The number of amidine groups is 1. The fourth-order valence-corrected chi connectivity index (χ4v) is 8.47. The number of aromatic nitrogens is 4. The maximum atomic E-state index is 5.26. The van der Waals surface area contributed by atoms with Gasteiger partial charge in [0.2, 0.25) is 5.69 Å². The van der Waals surface area contributed by atoms with E-state index in [0.29, 0.717) is 12.3 Å². The molecule has 2 aliphatic rings.